The summed E-state index contributed by atoms with van der Waals surface area (Å²) in [5, 5.41) is 12.5. The average molecular weight is 342 g/mol. The predicted octanol–water partition coefficient (Wildman–Crippen LogP) is 1.66. The van der Waals surface area contributed by atoms with Crippen LogP contribution in [0.4, 0.5) is 0 Å². The molecule has 3 aromatic heterocycles. The SMILES string of the molecule is Cn1ccnc1C1CNCCN1C(=O)c1cc(-c2cccs2)[nH]n1. The van der Waals surface area contributed by atoms with Gasteiger partial charge < -0.3 is 14.8 Å². The van der Waals surface area contributed by atoms with E-state index < -0.39 is 0 Å². The molecule has 1 atom stereocenters. The van der Waals surface area contributed by atoms with E-state index in [0.29, 0.717) is 18.8 Å². The van der Waals surface area contributed by atoms with Gasteiger partial charge in [-0.05, 0) is 17.5 Å². The summed E-state index contributed by atoms with van der Waals surface area (Å²) in [6.07, 6.45) is 3.66. The number of hydrogen-bond acceptors (Lipinski definition) is 5. The molecule has 0 radical (unpaired) electrons. The largest absolute Gasteiger partial charge is 0.336 e. The Hall–Kier alpha value is -2.45. The minimum Gasteiger partial charge on any atom is -0.336 e. The number of thiophene rings is 1. The van der Waals surface area contributed by atoms with Crippen LogP contribution >= 0.6 is 11.3 Å². The van der Waals surface area contributed by atoms with Crippen LogP contribution in [0, 0.1) is 0 Å². The van der Waals surface area contributed by atoms with Crippen molar-refractivity contribution >= 4 is 17.2 Å². The van der Waals surface area contributed by atoms with Crippen LogP contribution in [0.3, 0.4) is 0 Å². The van der Waals surface area contributed by atoms with Crippen LogP contribution in [0.5, 0.6) is 0 Å². The molecule has 1 saturated heterocycles. The van der Waals surface area contributed by atoms with Crippen molar-refractivity contribution < 1.29 is 4.79 Å². The fourth-order valence-corrected chi connectivity index (χ4v) is 3.71. The minimum atomic E-state index is -0.0897. The van der Waals surface area contributed by atoms with Gasteiger partial charge in [0.05, 0.1) is 10.6 Å². The van der Waals surface area contributed by atoms with Gasteiger partial charge in [0, 0.05) is 39.1 Å². The van der Waals surface area contributed by atoms with Crippen LogP contribution in [-0.4, -0.2) is 50.2 Å². The van der Waals surface area contributed by atoms with Gasteiger partial charge in [-0.15, -0.1) is 11.3 Å². The van der Waals surface area contributed by atoms with Crippen LogP contribution in [0.25, 0.3) is 10.6 Å². The predicted molar refractivity (Wildman–Crippen MR) is 91.8 cm³/mol. The Morgan fingerprint density at radius 3 is 3.12 bits per heavy atom. The number of H-pyrrole nitrogens is 1. The van der Waals surface area contributed by atoms with Crippen LogP contribution in [0.15, 0.2) is 36.0 Å². The zero-order valence-electron chi connectivity index (χ0n) is 13.3. The molecule has 3 aromatic rings. The molecule has 2 N–H and O–H groups in total. The Labute approximate surface area is 143 Å². The lowest BCUT2D eigenvalue weighted by molar-refractivity contribution is 0.0614. The number of aromatic nitrogens is 4. The van der Waals surface area contributed by atoms with E-state index in [2.05, 4.69) is 20.5 Å². The number of nitrogens with zero attached hydrogens (tertiary/aromatic N) is 4. The number of piperazine rings is 1. The van der Waals surface area contributed by atoms with Crippen molar-refractivity contribution in [1.82, 2.24) is 30.0 Å². The van der Waals surface area contributed by atoms with E-state index in [0.717, 1.165) is 22.9 Å². The standard InChI is InChI=1S/C16H18N6OS/c1-21-6-5-18-15(21)13-10-17-4-7-22(13)16(23)12-9-11(19-20-12)14-3-2-8-24-14/h2-3,5-6,8-9,13,17H,4,7,10H2,1H3,(H,19,20). The molecule has 1 fully saturated rings. The number of aromatic amines is 1. The van der Waals surface area contributed by atoms with Gasteiger partial charge in [0.15, 0.2) is 5.69 Å². The van der Waals surface area contributed by atoms with Gasteiger partial charge in [0.2, 0.25) is 0 Å². The van der Waals surface area contributed by atoms with Gasteiger partial charge in [-0.25, -0.2) is 4.98 Å². The summed E-state index contributed by atoms with van der Waals surface area (Å²) < 4.78 is 1.96. The molecule has 4 rings (SSSR count). The van der Waals surface area contributed by atoms with Crippen LogP contribution < -0.4 is 5.32 Å². The number of nitrogens with one attached hydrogen (secondary N) is 2. The lowest BCUT2D eigenvalue weighted by Gasteiger charge is -2.35. The molecule has 7 nitrogen and oxygen atoms in total. The summed E-state index contributed by atoms with van der Waals surface area (Å²) in [6.45, 7) is 2.10. The van der Waals surface area contributed by atoms with Gasteiger partial charge >= 0.3 is 0 Å². The van der Waals surface area contributed by atoms with Crippen molar-refractivity contribution in [3.63, 3.8) is 0 Å². The maximum absolute atomic E-state index is 13.0. The lowest BCUT2D eigenvalue weighted by atomic mass is 10.1. The molecule has 0 saturated carbocycles. The van der Waals surface area contributed by atoms with Crippen molar-refractivity contribution in [3.8, 4) is 10.6 Å². The lowest BCUT2D eigenvalue weighted by Crippen LogP contribution is -2.49. The highest BCUT2D eigenvalue weighted by Crippen LogP contribution is 2.26. The Kier molecular flexibility index (Phi) is 3.91. The zero-order valence-corrected chi connectivity index (χ0v) is 14.1. The fraction of sp³-hybridized carbons (Fsp3) is 0.312. The highest BCUT2D eigenvalue weighted by Gasteiger charge is 2.32. The number of aryl methyl sites for hydroxylation is 1. The molecule has 1 aliphatic rings. The quantitative estimate of drug-likeness (QED) is 0.759. The first-order chi connectivity index (χ1) is 11.7. The van der Waals surface area contributed by atoms with Gasteiger partial charge in [-0.2, -0.15) is 5.10 Å². The molecular weight excluding hydrogens is 324 g/mol. The highest BCUT2D eigenvalue weighted by molar-refractivity contribution is 7.13. The van der Waals surface area contributed by atoms with Gasteiger partial charge in [0.25, 0.3) is 5.91 Å². The minimum absolute atomic E-state index is 0.0662. The second-order valence-corrected chi connectivity index (χ2v) is 6.71. The molecule has 124 valence electrons. The average Bonchev–Trinajstić information content (AvgIpc) is 3.35. The third-order valence-electron chi connectivity index (χ3n) is 4.24. The Bertz CT molecular complexity index is 837. The number of imidazole rings is 1. The van der Waals surface area contributed by atoms with E-state index in [1.54, 1.807) is 17.5 Å². The number of rotatable bonds is 3. The van der Waals surface area contributed by atoms with Crippen molar-refractivity contribution in [2.45, 2.75) is 6.04 Å². The second-order valence-electron chi connectivity index (χ2n) is 5.76. The van der Waals surface area contributed by atoms with Crippen LogP contribution in [-0.2, 0) is 7.05 Å². The number of carbonyl (C=O) groups is 1. The molecule has 4 heterocycles. The summed E-state index contributed by atoms with van der Waals surface area (Å²) in [7, 11) is 1.95. The molecule has 0 bridgehead atoms. The monoisotopic (exact) mass is 342 g/mol. The summed E-state index contributed by atoms with van der Waals surface area (Å²) in [5.41, 5.74) is 1.32. The maximum Gasteiger partial charge on any atom is 0.275 e. The summed E-state index contributed by atoms with van der Waals surface area (Å²) in [4.78, 5) is 20.3. The molecule has 8 heteroatoms. The third-order valence-corrected chi connectivity index (χ3v) is 5.15. The zero-order chi connectivity index (χ0) is 16.5. The van der Waals surface area contributed by atoms with Crippen molar-refractivity contribution in [1.29, 1.82) is 0 Å². The third kappa shape index (κ3) is 2.63. The molecule has 1 aliphatic heterocycles. The molecule has 1 amide bonds. The molecule has 0 aromatic carbocycles. The molecule has 0 aliphatic carbocycles. The summed E-state index contributed by atoms with van der Waals surface area (Å²) in [5.74, 6) is 0.813. The van der Waals surface area contributed by atoms with Crippen molar-refractivity contribution in [3.05, 3.63) is 47.5 Å². The van der Waals surface area contributed by atoms with Gasteiger partial charge in [-0.1, -0.05) is 6.07 Å². The molecular formula is C16H18N6OS. The van der Waals surface area contributed by atoms with E-state index in [1.165, 1.54) is 0 Å². The Balaban J connectivity index is 1.61. The topological polar surface area (TPSA) is 78.8 Å². The summed E-state index contributed by atoms with van der Waals surface area (Å²) >= 11 is 1.62. The van der Waals surface area contributed by atoms with E-state index in [9.17, 15) is 4.79 Å². The highest BCUT2D eigenvalue weighted by atomic mass is 32.1. The first kappa shape index (κ1) is 15.1. The van der Waals surface area contributed by atoms with Crippen molar-refractivity contribution in [2.75, 3.05) is 19.6 Å². The van der Waals surface area contributed by atoms with E-state index in [-0.39, 0.29) is 11.9 Å². The maximum atomic E-state index is 13.0. The first-order valence-electron chi connectivity index (χ1n) is 7.82. The van der Waals surface area contributed by atoms with Crippen LogP contribution in [0.2, 0.25) is 0 Å². The first-order valence-corrected chi connectivity index (χ1v) is 8.70. The van der Waals surface area contributed by atoms with E-state index in [4.69, 9.17) is 0 Å². The Morgan fingerprint density at radius 2 is 2.38 bits per heavy atom. The van der Waals surface area contributed by atoms with E-state index >= 15 is 0 Å². The van der Waals surface area contributed by atoms with E-state index in [1.807, 2.05) is 46.3 Å². The van der Waals surface area contributed by atoms with Gasteiger partial charge in [-0.3, -0.25) is 9.89 Å². The summed E-state index contributed by atoms with van der Waals surface area (Å²) in [6, 6.07) is 5.73. The van der Waals surface area contributed by atoms with Gasteiger partial charge in [0.1, 0.15) is 11.9 Å². The second kappa shape index (κ2) is 6.21. The van der Waals surface area contributed by atoms with Crippen molar-refractivity contribution in [2.24, 2.45) is 7.05 Å². The number of carbonyl (C=O) groups excluding carboxylic acids is 1. The number of hydrogen-bond donors (Lipinski definition) is 2. The van der Waals surface area contributed by atoms with Crippen LogP contribution in [0.1, 0.15) is 22.4 Å². The number of amides is 1. The molecule has 24 heavy (non-hydrogen) atoms. The molecule has 0 spiro atoms. The fourth-order valence-electron chi connectivity index (χ4n) is 3.01. The smallest absolute Gasteiger partial charge is 0.275 e. The Morgan fingerprint density at radius 1 is 1.46 bits per heavy atom. The normalized spacial score (nSPS) is 18.0. The molecule has 1 unspecified atom stereocenters.